The van der Waals surface area contributed by atoms with E-state index in [2.05, 4.69) is 16.7 Å². The first-order valence-corrected chi connectivity index (χ1v) is 12.4. The van der Waals surface area contributed by atoms with Crippen LogP contribution in [0, 0.1) is 17.3 Å². The number of carbonyl (C=O) groups is 3. The van der Waals surface area contributed by atoms with Crippen molar-refractivity contribution >= 4 is 35.1 Å². The van der Waals surface area contributed by atoms with Crippen LogP contribution < -0.4 is 4.90 Å². The zero-order chi connectivity index (χ0) is 24.1. The number of piperazine rings is 1. The van der Waals surface area contributed by atoms with Crippen molar-refractivity contribution in [2.45, 2.75) is 47.1 Å². The predicted molar refractivity (Wildman–Crippen MR) is 129 cm³/mol. The van der Waals surface area contributed by atoms with Crippen LogP contribution in [0.5, 0.6) is 0 Å². The Hall–Kier alpha value is -2.12. The number of rotatable bonds is 5. The van der Waals surface area contributed by atoms with Crippen LogP contribution in [0.3, 0.4) is 0 Å². The van der Waals surface area contributed by atoms with Crippen LogP contribution in [0.1, 0.15) is 40.2 Å². The van der Waals surface area contributed by atoms with E-state index in [1.54, 1.807) is 0 Å². The lowest BCUT2D eigenvalue weighted by Gasteiger charge is -2.57. The van der Waals surface area contributed by atoms with E-state index in [9.17, 15) is 14.4 Å². The first-order valence-electron chi connectivity index (χ1n) is 12.1. The van der Waals surface area contributed by atoms with Gasteiger partial charge in [-0.1, -0.05) is 52.3 Å². The van der Waals surface area contributed by atoms with Crippen molar-refractivity contribution in [3.05, 3.63) is 28.8 Å². The molecule has 1 spiro atoms. The molecule has 4 amide bonds. The van der Waals surface area contributed by atoms with E-state index in [-0.39, 0.29) is 36.1 Å². The number of hydrogen-bond acceptors (Lipinski definition) is 5. The van der Waals surface area contributed by atoms with Gasteiger partial charge in [-0.25, -0.2) is 4.79 Å². The first kappa shape index (κ1) is 24.0. The van der Waals surface area contributed by atoms with Gasteiger partial charge in [0, 0.05) is 49.9 Å². The lowest BCUT2D eigenvalue weighted by Crippen LogP contribution is -2.76. The van der Waals surface area contributed by atoms with Gasteiger partial charge >= 0.3 is 6.03 Å². The van der Waals surface area contributed by atoms with E-state index in [1.807, 2.05) is 45.9 Å². The molecule has 0 bridgehead atoms. The van der Waals surface area contributed by atoms with Crippen molar-refractivity contribution in [2.75, 3.05) is 44.2 Å². The van der Waals surface area contributed by atoms with Crippen LogP contribution in [-0.4, -0.2) is 77.9 Å². The first-order chi connectivity index (χ1) is 15.6. The molecule has 1 aromatic rings. The molecule has 0 aromatic heterocycles. The highest BCUT2D eigenvalue weighted by atomic mass is 35.5. The van der Waals surface area contributed by atoms with Gasteiger partial charge in [-0.05, 0) is 36.1 Å². The van der Waals surface area contributed by atoms with E-state index in [4.69, 9.17) is 11.6 Å². The van der Waals surface area contributed by atoms with Crippen molar-refractivity contribution in [1.29, 1.82) is 0 Å². The Bertz CT molecular complexity index is 931. The number of nitrogens with zero attached hydrogens (tertiary/aromatic N) is 4. The van der Waals surface area contributed by atoms with Crippen LogP contribution in [0.25, 0.3) is 0 Å². The lowest BCUT2D eigenvalue weighted by molar-refractivity contribution is -0.162. The molecule has 3 heterocycles. The standard InChI is InChI=1S/C25H35ClN4O3/c1-6-27-10-11-28-20-9-7-8-19(26)18(20)12-25(21(28)15-27)22(31)29(13-16(2)3)24(33)30(23(25)32)14-17(4)5/h7-9,16-17,21H,6,10-15H2,1-5H3/t21-/m0/s1. The summed E-state index contributed by atoms with van der Waals surface area (Å²) in [4.78, 5) is 49.0. The van der Waals surface area contributed by atoms with E-state index >= 15 is 0 Å². The van der Waals surface area contributed by atoms with Crippen LogP contribution in [0.4, 0.5) is 10.5 Å². The largest absolute Gasteiger partial charge is 0.364 e. The fourth-order valence-corrected chi connectivity index (χ4v) is 5.84. The number of amides is 4. The molecule has 2 fully saturated rings. The maximum absolute atomic E-state index is 14.2. The van der Waals surface area contributed by atoms with Crippen LogP contribution in [0.15, 0.2) is 18.2 Å². The van der Waals surface area contributed by atoms with Gasteiger partial charge < -0.3 is 4.90 Å². The Morgan fingerprint density at radius 3 is 2.15 bits per heavy atom. The van der Waals surface area contributed by atoms with E-state index in [1.165, 1.54) is 9.80 Å². The second-order valence-electron chi connectivity index (χ2n) is 10.4. The quantitative estimate of drug-likeness (QED) is 0.611. The normalized spacial score (nSPS) is 23.1. The smallest absolute Gasteiger partial charge is 0.333 e. The van der Waals surface area contributed by atoms with Crippen LogP contribution in [0.2, 0.25) is 5.02 Å². The Balaban J connectivity index is 1.91. The number of barbiturate groups is 1. The van der Waals surface area contributed by atoms with E-state index in [0.717, 1.165) is 24.3 Å². The molecule has 8 heteroatoms. The average Bonchev–Trinajstić information content (AvgIpc) is 2.78. The molecule has 180 valence electrons. The van der Waals surface area contributed by atoms with Crippen molar-refractivity contribution < 1.29 is 14.4 Å². The summed E-state index contributed by atoms with van der Waals surface area (Å²) in [5, 5.41) is 0.562. The van der Waals surface area contributed by atoms with Crippen LogP contribution in [-0.2, 0) is 16.0 Å². The van der Waals surface area contributed by atoms with Gasteiger partial charge in [0.1, 0.15) is 0 Å². The topological polar surface area (TPSA) is 64.2 Å². The van der Waals surface area contributed by atoms with Gasteiger partial charge in [0.15, 0.2) is 5.41 Å². The highest BCUT2D eigenvalue weighted by Gasteiger charge is 2.65. The molecule has 3 aliphatic heterocycles. The molecule has 1 atom stereocenters. The van der Waals surface area contributed by atoms with E-state index < -0.39 is 11.4 Å². The lowest BCUT2D eigenvalue weighted by atomic mass is 9.67. The van der Waals surface area contributed by atoms with Crippen molar-refractivity contribution in [1.82, 2.24) is 14.7 Å². The summed E-state index contributed by atoms with van der Waals surface area (Å²) < 4.78 is 0. The summed E-state index contributed by atoms with van der Waals surface area (Å²) in [6.45, 7) is 13.6. The Morgan fingerprint density at radius 2 is 1.61 bits per heavy atom. The minimum absolute atomic E-state index is 0.0955. The molecule has 0 N–H and O–H groups in total. The Kier molecular flexibility index (Phi) is 6.49. The third-order valence-electron chi connectivity index (χ3n) is 7.15. The monoisotopic (exact) mass is 474 g/mol. The fraction of sp³-hybridized carbons (Fsp3) is 0.640. The summed E-state index contributed by atoms with van der Waals surface area (Å²) >= 11 is 6.64. The summed E-state index contributed by atoms with van der Waals surface area (Å²) in [5.41, 5.74) is 0.450. The van der Waals surface area contributed by atoms with Gasteiger partial charge in [-0.3, -0.25) is 24.3 Å². The highest BCUT2D eigenvalue weighted by Crippen LogP contribution is 2.49. The molecular formula is C25H35ClN4O3. The van der Waals surface area contributed by atoms with Gasteiger partial charge in [-0.2, -0.15) is 0 Å². The SMILES string of the molecule is CCN1CCN2c3cccc(Cl)c3CC3(C(=O)N(CC(C)C)C(=O)N(CC(C)C)C3=O)[C@@H]2C1. The Labute approximate surface area is 201 Å². The molecule has 7 nitrogen and oxygen atoms in total. The summed E-state index contributed by atoms with van der Waals surface area (Å²) in [6, 6.07) is 4.93. The third kappa shape index (κ3) is 3.83. The number of imide groups is 2. The number of hydrogen-bond donors (Lipinski definition) is 0. The third-order valence-corrected chi connectivity index (χ3v) is 7.50. The van der Waals surface area contributed by atoms with E-state index in [0.29, 0.717) is 31.2 Å². The molecule has 3 aliphatic rings. The molecule has 2 saturated heterocycles. The zero-order valence-corrected chi connectivity index (χ0v) is 21.1. The summed E-state index contributed by atoms with van der Waals surface area (Å²) in [6.07, 6.45) is 0.217. The number of carbonyl (C=O) groups excluding carboxylic acids is 3. The maximum atomic E-state index is 14.2. The second-order valence-corrected chi connectivity index (χ2v) is 10.8. The molecule has 0 aliphatic carbocycles. The minimum Gasteiger partial charge on any atom is -0.364 e. The summed E-state index contributed by atoms with van der Waals surface area (Å²) in [7, 11) is 0. The molecule has 1 aromatic carbocycles. The zero-order valence-electron chi connectivity index (χ0n) is 20.3. The molecule has 0 radical (unpaired) electrons. The van der Waals surface area contributed by atoms with Crippen LogP contribution >= 0.6 is 11.6 Å². The van der Waals surface area contributed by atoms with Crippen molar-refractivity contribution in [3.63, 3.8) is 0 Å². The number of urea groups is 1. The number of fused-ring (bicyclic) bond motifs is 4. The van der Waals surface area contributed by atoms with Gasteiger partial charge in [0.05, 0.1) is 6.04 Å². The average molecular weight is 475 g/mol. The van der Waals surface area contributed by atoms with Crippen molar-refractivity contribution in [3.8, 4) is 0 Å². The van der Waals surface area contributed by atoms with Gasteiger partial charge in [0.25, 0.3) is 0 Å². The predicted octanol–water partition coefficient (Wildman–Crippen LogP) is 3.50. The number of benzene rings is 1. The molecule has 33 heavy (non-hydrogen) atoms. The minimum atomic E-state index is -1.37. The maximum Gasteiger partial charge on any atom is 0.333 e. The highest BCUT2D eigenvalue weighted by molar-refractivity contribution is 6.32. The number of likely N-dealkylation sites (N-methyl/N-ethyl adjacent to an activating group) is 1. The number of halogens is 1. The summed E-state index contributed by atoms with van der Waals surface area (Å²) in [5.74, 6) is -0.550. The van der Waals surface area contributed by atoms with Crippen molar-refractivity contribution in [2.24, 2.45) is 17.3 Å². The number of anilines is 1. The van der Waals surface area contributed by atoms with Gasteiger partial charge in [-0.15, -0.1) is 0 Å². The molecule has 0 saturated carbocycles. The fourth-order valence-electron chi connectivity index (χ4n) is 5.61. The molecule has 0 unspecified atom stereocenters. The van der Waals surface area contributed by atoms with Gasteiger partial charge in [0.2, 0.25) is 11.8 Å². The molecule has 4 rings (SSSR count). The molecular weight excluding hydrogens is 440 g/mol. The second kappa shape index (κ2) is 8.91. The Morgan fingerprint density at radius 1 is 1.00 bits per heavy atom.